The van der Waals surface area contributed by atoms with E-state index in [0.717, 1.165) is 6.42 Å². The van der Waals surface area contributed by atoms with Gasteiger partial charge in [0.2, 0.25) is 11.5 Å². The quantitative estimate of drug-likeness (QED) is 0.425. The van der Waals surface area contributed by atoms with Crippen molar-refractivity contribution < 1.29 is 33.5 Å². The minimum absolute atomic E-state index is 0.158. The summed E-state index contributed by atoms with van der Waals surface area (Å²) in [5, 5.41) is 25.0. The molecule has 0 aliphatic carbocycles. The maximum absolute atomic E-state index is 14.3. The molecular formula is C22H31NO7. The zero-order valence-corrected chi connectivity index (χ0v) is 18.1. The monoisotopic (exact) mass is 421 g/mol. The molecule has 8 nitrogen and oxygen atoms in total. The second kappa shape index (κ2) is 6.69. The summed E-state index contributed by atoms with van der Waals surface area (Å²) >= 11 is 0. The van der Waals surface area contributed by atoms with Gasteiger partial charge in [-0.05, 0) is 19.8 Å². The van der Waals surface area contributed by atoms with Gasteiger partial charge in [0.25, 0.3) is 0 Å². The fourth-order valence-electron chi connectivity index (χ4n) is 6.72. The van der Waals surface area contributed by atoms with Crippen molar-refractivity contribution in [1.82, 2.24) is 0 Å². The SMILES string of the molecule is CC[C@@H](O)[C@H]1CC[C@H]2O[C@@]34CCC[N+]1([O-])[C@@H]2[C@H]3[C@H](C)/C(=C1/OC(=O)C(C)=C1OC)O4. The lowest BCUT2D eigenvalue weighted by atomic mass is 9.77. The number of carbonyl (C=O) groups excluding carboxylic acids is 1. The lowest BCUT2D eigenvalue weighted by Crippen LogP contribution is -2.68. The molecule has 1 unspecified atom stereocenters. The predicted molar refractivity (Wildman–Crippen MR) is 105 cm³/mol. The van der Waals surface area contributed by atoms with E-state index in [1.807, 2.05) is 13.8 Å². The van der Waals surface area contributed by atoms with Gasteiger partial charge in [0.05, 0.1) is 25.1 Å². The summed E-state index contributed by atoms with van der Waals surface area (Å²) in [6.45, 7) is 6.09. The van der Waals surface area contributed by atoms with Gasteiger partial charge in [-0.3, -0.25) is 0 Å². The van der Waals surface area contributed by atoms with Crippen molar-refractivity contribution in [3.63, 3.8) is 0 Å². The van der Waals surface area contributed by atoms with Crippen LogP contribution in [-0.2, 0) is 23.7 Å². The summed E-state index contributed by atoms with van der Waals surface area (Å²) in [7, 11) is 1.50. The Hall–Kier alpha value is -1.61. The third-order valence-electron chi connectivity index (χ3n) is 8.03. The number of hydrogen-bond donors (Lipinski definition) is 1. The minimum atomic E-state index is -0.880. The van der Waals surface area contributed by atoms with Gasteiger partial charge in [-0.2, -0.15) is 0 Å². The molecule has 5 aliphatic rings. The molecule has 8 heteroatoms. The van der Waals surface area contributed by atoms with Crippen LogP contribution in [0, 0.1) is 17.0 Å². The third-order valence-corrected chi connectivity index (χ3v) is 8.03. The highest BCUT2D eigenvalue weighted by atomic mass is 16.7. The summed E-state index contributed by atoms with van der Waals surface area (Å²) < 4.78 is 23.5. The van der Waals surface area contributed by atoms with Gasteiger partial charge >= 0.3 is 5.97 Å². The number of aliphatic hydroxyl groups is 1. The van der Waals surface area contributed by atoms with E-state index in [-0.39, 0.29) is 30.0 Å². The van der Waals surface area contributed by atoms with E-state index in [1.165, 1.54) is 7.11 Å². The van der Waals surface area contributed by atoms with E-state index in [1.54, 1.807) is 6.92 Å². The Morgan fingerprint density at radius 1 is 1.40 bits per heavy atom. The number of rotatable bonds is 3. The number of allylic oxidation sites excluding steroid dienone is 1. The van der Waals surface area contributed by atoms with E-state index in [9.17, 15) is 15.1 Å². The molecule has 166 valence electrons. The van der Waals surface area contributed by atoms with Gasteiger partial charge < -0.3 is 33.9 Å². The van der Waals surface area contributed by atoms with Crippen molar-refractivity contribution in [2.75, 3.05) is 13.7 Å². The lowest BCUT2D eigenvalue weighted by Gasteiger charge is -2.58. The highest BCUT2D eigenvalue weighted by Crippen LogP contribution is 2.61. The topological polar surface area (TPSA) is 97.3 Å². The molecule has 0 aromatic rings. The maximum Gasteiger partial charge on any atom is 0.343 e. The number of nitrogens with zero attached hydrogens (tertiary/aromatic N) is 1. The zero-order chi connectivity index (χ0) is 21.4. The number of methoxy groups -OCH3 is 1. The van der Waals surface area contributed by atoms with Crippen molar-refractivity contribution >= 4 is 5.97 Å². The summed E-state index contributed by atoms with van der Waals surface area (Å²) in [5.74, 6) is -0.416. The Morgan fingerprint density at radius 3 is 2.87 bits per heavy atom. The molecule has 2 bridgehead atoms. The van der Waals surface area contributed by atoms with Crippen LogP contribution in [0.1, 0.15) is 52.9 Å². The number of hydrogen-bond acceptors (Lipinski definition) is 7. The van der Waals surface area contributed by atoms with Crippen molar-refractivity contribution in [2.24, 2.45) is 11.8 Å². The van der Waals surface area contributed by atoms with Crippen LogP contribution in [-0.4, -0.2) is 59.5 Å². The average Bonchev–Trinajstić information content (AvgIpc) is 3.25. The molecule has 5 heterocycles. The number of esters is 1. The molecule has 0 amide bonds. The molecule has 4 fully saturated rings. The van der Waals surface area contributed by atoms with Crippen molar-refractivity contribution in [3.05, 3.63) is 28.1 Å². The molecule has 30 heavy (non-hydrogen) atoms. The molecule has 0 aromatic heterocycles. The summed E-state index contributed by atoms with van der Waals surface area (Å²) in [6.07, 6.45) is 2.48. The van der Waals surface area contributed by atoms with E-state index in [4.69, 9.17) is 18.9 Å². The van der Waals surface area contributed by atoms with Gasteiger partial charge in [-0.25, -0.2) is 4.79 Å². The van der Waals surface area contributed by atoms with Gasteiger partial charge in [-0.15, -0.1) is 0 Å². The summed E-state index contributed by atoms with van der Waals surface area (Å²) in [6, 6.07) is -0.632. The number of piperidine rings is 1. The molecule has 0 aromatic carbocycles. The first kappa shape index (κ1) is 20.3. The number of carbonyl (C=O) groups is 1. The number of ether oxygens (including phenoxy) is 4. The number of quaternary nitrogens is 1. The van der Waals surface area contributed by atoms with Gasteiger partial charge in [0.1, 0.15) is 30.1 Å². The molecule has 0 radical (unpaired) electrons. The predicted octanol–water partition coefficient (Wildman–Crippen LogP) is 2.46. The first-order valence-electron chi connectivity index (χ1n) is 11.1. The van der Waals surface area contributed by atoms with E-state index in [0.29, 0.717) is 55.1 Å². The van der Waals surface area contributed by atoms with Crippen molar-refractivity contribution in [1.29, 1.82) is 0 Å². The van der Waals surface area contributed by atoms with Crippen LogP contribution < -0.4 is 0 Å². The number of aliphatic hydroxyl groups excluding tert-OH is 1. The second-order valence-corrected chi connectivity index (χ2v) is 9.42. The van der Waals surface area contributed by atoms with E-state index in [2.05, 4.69) is 0 Å². The molecule has 1 N–H and O–H groups in total. The molecule has 8 atom stereocenters. The van der Waals surface area contributed by atoms with Gasteiger partial charge in [0.15, 0.2) is 5.76 Å². The number of hydroxylamine groups is 3. The Labute approximate surface area is 176 Å². The third kappa shape index (κ3) is 2.45. The molecule has 0 saturated carbocycles. The summed E-state index contributed by atoms with van der Waals surface area (Å²) in [5.41, 5.74) is 0.408. The van der Waals surface area contributed by atoms with Crippen molar-refractivity contribution in [3.8, 4) is 0 Å². The Morgan fingerprint density at radius 2 is 2.17 bits per heavy atom. The standard InChI is InChI=1S/C22H31NO7/c1-5-14(24)13-7-8-15-17-16-11(2)19(20-18(27-4)12(3)21(25)28-20)30-22(16,29-15)9-6-10-23(13,17)26/h11,13-17,24H,5-10H2,1-4H3/b20-19-/t11-,13+,14+,15+,16+,17-,22+,23?/m0/s1. The first-order valence-corrected chi connectivity index (χ1v) is 11.1. The van der Waals surface area contributed by atoms with E-state index < -0.39 is 22.5 Å². The van der Waals surface area contributed by atoms with Crippen LogP contribution in [0.4, 0.5) is 0 Å². The van der Waals surface area contributed by atoms with Crippen LogP contribution in [0.5, 0.6) is 0 Å². The van der Waals surface area contributed by atoms with Crippen LogP contribution in [0.15, 0.2) is 22.9 Å². The molecule has 5 rings (SSSR count). The van der Waals surface area contributed by atoms with Gasteiger partial charge in [-0.1, -0.05) is 13.8 Å². The Bertz CT molecular complexity index is 837. The van der Waals surface area contributed by atoms with Crippen LogP contribution in [0.25, 0.3) is 0 Å². The molecule has 5 aliphatic heterocycles. The summed E-state index contributed by atoms with van der Waals surface area (Å²) in [4.78, 5) is 12.1. The van der Waals surface area contributed by atoms with Gasteiger partial charge in [0, 0.05) is 25.2 Å². The fraction of sp³-hybridized carbons (Fsp3) is 0.773. The zero-order valence-electron chi connectivity index (χ0n) is 18.1. The molecule has 4 saturated heterocycles. The maximum atomic E-state index is 14.3. The smallest absolute Gasteiger partial charge is 0.343 e. The highest BCUT2D eigenvalue weighted by Gasteiger charge is 2.72. The average molecular weight is 421 g/mol. The van der Waals surface area contributed by atoms with Crippen LogP contribution in [0.3, 0.4) is 0 Å². The van der Waals surface area contributed by atoms with E-state index >= 15 is 0 Å². The molecule has 0 spiro atoms. The fourth-order valence-corrected chi connectivity index (χ4v) is 6.72. The Kier molecular flexibility index (Phi) is 4.53. The number of cyclic esters (lactones) is 1. The Balaban J connectivity index is 1.59. The second-order valence-electron chi connectivity index (χ2n) is 9.42. The normalized spacial score (nSPS) is 48.2. The van der Waals surface area contributed by atoms with Crippen LogP contribution >= 0.6 is 0 Å². The molecular weight excluding hydrogens is 390 g/mol. The lowest BCUT2D eigenvalue weighted by molar-refractivity contribution is -0.942. The largest absolute Gasteiger partial charge is 0.632 e. The first-order chi connectivity index (χ1) is 14.3. The minimum Gasteiger partial charge on any atom is -0.632 e. The van der Waals surface area contributed by atoms with Crippen molar-refractivity contribution in [2.45, 2.75) is 83.0 Å². The highest BCUT2D eigenvalue weighted by molar-refractivity contribution is 5.93. The van der Waals surface area contributed by atoms with Crippen LogP contribution in [0.2, 0.25) is 0 Å².